The zero-order chi connectivity index (χ0) is 13.7. The molecular formula is C13H12ClN3O2. The predicted molar refractivity (Wildman–Crippen MR) is 74.9 cm³/mol. The molecule has 0 unspecified atom stereocenters. The average Bonchev–Trinajstić information content (AvgIpc) is 2.39. The fraction of sp³-hybridized carbons (Fsp3) is 0.0769. The van der Waals surface area contributed by atoms with Gasteiger partial charge in [0.2, 0.25) is 0 Å². The molecule has 1 heterocycles. The Morgan fingerprint density at radius 2 is 2.11 bits per heavy atom. The van der Waals surface area contributed by atoms with Gasteiger partial charge in [-0.25, -0.2) is 9.78 Å². The van der Waals surface area contributed by atoms with Gasteiger partial charge >= 0.3 is 6.03 Å². The van der Waals surface area contributed by atoms with Crippen molar-refractivity contribution in [2.24, 2.45) is 0 Å². The number of carbonyl (C=O) groups is 1. The Balaban J connectivity index is 2.05. The van der Waals surface area contributed by atoms with E-state index in [1.165, 1.54) is 7.11 Å². The molecule has 0 spiro atoms. The lowest BCUT2D eigenvalue weighted by Gasteiger charge is -2.09. The monoisotopic (exact) mass is 277 g/mol. The van der Waals surface area contributed by atoms with Crippen LogP contribution in [0.1, 0.15) is 0 Å². The molecule has 0 aliphatic carbocycles. The Bertz CT molecular complexity index is 590. The van der Waals surface area contributed by atoms with Crippen LogP contribution < -0.4 is 15.4 Å². The molecule has 0 saturated carbocycles. The highest BCUT2D eigenvalue weighted by atomic mass is 35.5. The van der Waals surface area contributed by atoms with Gasteiger partial charge in [-0.15, -0.1) is 0 Å². The van der Waals surface area contributed by atoms with Crippen LogP contribution in [0.4, 0.5) is 16.3 Å². The van der Waals surface area contributed by atoms with Crippen molar-refractivity contribution in [2.45, 2.75) is 0 Å². The van der Waals surface area contributed by atoms with Gasteiger partial charge in [-0.3, -0.25) is 5.32 Å². The fourth-order valence-corrected chi connectivity index (χ4v) is 1.68. The molecule has 2 N–H and O–H groups in total. The molecule has 0 aliphatic rings. The number of carbonyl (C=O) groups excluding carboxylic acids is 1. The average molecular weight is 278 g/mol. The fourth-order valence-electron chi connectivity index (χ4n) is 1.49. The van der Waals surface area contributed by atoms with Crippen LogP contribution in [0.5, 0.6) is 5.75 Å². The number of urea groups is 1. The molecule has 0 radical (unpaired) electrons. The second-order valence-electron chi connectivity index (χ2n) is 3.64. The molecular weight excluding hydrogens is 266 g/mol. The lowest BCUT2D eigenvalue weighted by atomic mass is 10.3. The highest BCUT2D eigenvalue weighted by Gasteiger charge is 2.08. The van der Waals surface area contributed by atoms with Gasteiger partial charge in [-0.05, 0) is 30.3 Å². The number of hydrogen-bond acceptors (Lipinski definition) is 3. The molecule has 0 bridgehead atoms. The number of rotatable bonds is 3. The summed E-state index contributed by atoms with van der Waals surface area (Å²) < 4.78 is 5.09. The maximum atomic E-state index is 11.8. The van der Waals surface area contributed by atoms with Crippen molar-refractivity contribution in [3.8, 4) is 5.75 Å². The van der Waals surface area contributed by atoms with Gasteiger partial charge in [-0.1, -0.05) is 17.7 Å². The molecule has 6 heteroatoms. The maximum absolute atomic E-state index is 11.8. The number of halogens is 1. The van der Waals surface area contributed by atoms with Crippen molar-refractivity contribution in [3.63, 3.8) is 0 Å². The Labute approximate surface area is 115 Å². The summed E-state index contributed by atoms with van der Waals surface area (Å²) in [7, 11) is 1.51. The van der Waals surface area contributed by atoms with Crippen molar-refractivity contribution in [2.75, 3.05) is 17.7 Å². The molecule has 19 heavy (non-hydrogen) atoms. The molecule has 0 atom stereocenters. The minimum atomic E-state index is -0.417. The third kappa shape index (κ3) is 3.59. The molecule has 2 amide bonds. The Morgan fingerprint density at radius 1 is 1.26 bits per heavy atom. The molecule has 0 saturated heterocycles. The number of ether oxygens (including phenoxy) is 1. The number of benzene rings is 1. The normalized spacial score (nSPS) is 9.79. The predicted octanol–water partition coefficient (Wildman–Crippen LogP) is 3.39. The van der Waals surface area contributed by atoms with Crippen molar-refractivity contribution in [3.05, 3.63) is 47.6 Å². The number of nitrogens with one attached hydrogen (secondary N) is 2. The van der Waals surface area contributed by atoms with Crippen molar-refractivity contribution in [1.82, 2.24) is 4.98 Å². The first-order chi connectivity index (χ1) is 9.19. The first kappa shape index (κ1) is 13.2. The topological polar surface area (TPSA) is 63.2 Å². The smallest absolute Gasteiger partial charge is 0.324 e. The number of aromatic nitrogens is 1. The van der Waals surface area contributed by atoms with E-state index in [9.17, 15) is 4.79 Å². The Hall–Kier alpha value is -2.27. The Morgan fingerprint density at radius 3 is 2.84 bits per heavy atom. The van der Waals surface area contributed by atoms with Crippen LogP contribution in [0, 0.1) is 0 Å². The van der Waals surface area contributed by atoms with Gasteiger partial charge in [0, 0.05) is 16.9 Å². The molecule has 98 valence electrons. The zero-order valence-corrected chi connectivity index (χ0v) is 10.9. The highest BCUT2D eigenvalue weighted by Crippen LogP contribution is 2.20. The number of hydrogen-bond donors (Lipinski definition) is 2. The number of nitrogens with zero attached hydrogens (tertiary/aromatic N) is 1. The van der Waals surface area contributed by atoms with Crippen LogP contribution in [0.2, 0.25) is 5.02 Å². The van der Waals surface area contributed by atoms with Gasteiger partial charge in [0.05, 0.1) is 7.11 Å². The van der Waals surface area contributed by atoms with Crippen LogP contribution in [-0.2, 0) is 0 Å². The van der Waals surface area contributed by atoms with Crippen molar-refractivity contribution >= 4 is 29.1 Å². The number of amides is 2. The van der Waals surface area contributed by atoms with E-state index in [-0.39, 0.29) is 0 Å². The van der Waals surface area contributed by atoms with Gasteiger partial charge in [0.15, 0.2) is 11.6 Å². The van der Waals surface area contributed by atoms with Gasteiger partial charge in [0.25, 0.3) is 0 Å². The summed E-state index contributed by atoms with van der Waals surface area (Å²) in [6.45, 7) is 0. The summed E-state index contributed by atoms with van der Waals surface area (Å²) >= 11 is 5.83. The van der Waals surface area contributed by atoms with E-state index < -0.39 is 6.03 Å². The summed E-state index contributed by atoms with van der Waals surface area (Å²) in [5, 5.41) is 5.80. The number of pyridine rings is 1. The Kier molecular flexibility index (Phi) is 4.20. The van der Waals surface area contributed by atoms with Crippen LogP contribution in [-0.4, -0.2) is 18.1 Å². The van der Waals surface area contributed by atoms with E-state index in [4.69, 9.17) is 16.3 Å². The highest BCUT2D eigenvalue weighted by molar-refractivity contribution is 6.30. The van der Waals surface area contributed by atoms with Crippen molar-refractivity contribution < 1.29 is 9.53 Å². The first-order valence-electron chi connectivity index (χ1n) is 5.51. The minimum Gasteiger partial charge on any atom is -0.493 e. The molecule has 1 aromatic heterocycles. The molecule has 2 aromatic rings. The number of methoxy groups -OCH3 is 1. The second-order valence-corrected chi connectivity index (χ2v) is 4.08. The van der Waals surface area contributed by atoms with E-state index in [0.717, 1.165) is 0 Å². The van der Waals surface area contributed by atoms with E-state index in [1.807, 2.05) is 0 Å². The van der Waals surface area contributed by atoms with Gasteiger partial charge < -0.3 is 10.1 Å². The van der Waals surface area contributed by atoms with Crippen LogP contribution in [0.3, 0.4) is 0 Å². The lowest BCUT2D eigenvalue weighted by molar-refractivity contribution is 0.262. The first-order valence-corrected chi connectivity index (χ1v) is 5.89. The zero-order valence-electron chi connectivity index (χ0n) is 10.2. The standard InChI is InChI=1S/C13H12ClN3O2/c1-19-11-6-3-7-15-12(11)17-13(18)16-10-5-2-4-9(14)8-10/h2-8H,1H3,(H2,15,16,17,18). The summed E-state index contributed by atoms with van der Waals surface area (Å²) in [4.78, 5) is 15.8. The summed E-state index contributed by atoms with van der Waals surface area (Å²) in [5.41, 5.74) is 0.597. The summed E-state index contributed by atoms with van der Waals surface area (Å²) in [6.07, 6.45) is 1.57. The molecule has 2 rings (SSSR count). The van der Waals surface area contributed by atoms with E-state index in [2.05, 4.69) is 15.6 Å². The quantitative estimate of drug-likeness (QED) is 0.904. The number of anilines is 2. The van der Waals surface area contributed by atoms with Gasteiger partial charge in [0.1, 0.15) is 0 Å². The minimum absolute atomic E-state index is 0.351. The molecule has 0 aliphatic heterocycles. The van der Waals surface area contributed by atoms with E-state index in [1.54, 1.807) is 42.6 Å². The SMILES string of the molecule is COc1cccnc1NC(=O)Nc1cccc(Cl)c1. The molecule has 5 nitrogen and oxygen atoms in total. The van der Waals surface area contributed by atoms with Crippen LogP contribution in [0.25, 0.3) is 0 Å². The largest absolute Gasteiger partial charge is 0.493 e. The summed E-state index contributed by atoms with van der Waals surface area (Å²) in [6, 6.07) is 9.88. The van der Waals surface area contributed by atoms with Crippen molar-refractivity contribution in [1.29, 1.82) is 0 Å². The maximum Gasteiger partial charge on any atom is 0.324 e. The van der Waals surface area contributed by atoms with Crippen LogP contribution in [0.15, 0.2) is 42.6 Å². The van der Waals surface area contributed by atoms with Gasteiger partial charge in [-0.2, -0.15) is 0 Å². The lowest BCUT2D eigenvalue weighted by Crippen LogP contribution is -2.20. The summed E-state index contributed by atoms with van der Waals surface area (Å²) in [5.74, 6) is 0.841. The second kappa shape index (κ2) is 6.06. The van der Waals surface area contributed by atoms with Crippen LogP contribution >= 0.6 is 11.6 Å². The molecule has 1 aromatic carbocycles. The van der Waals surface area contributed by atoms with E-state index in [0.29, 0.717) is 22.3 Å². The third-order valence-corrected chi connectivity index (χ3v) is 2.54. The third-order valence-electron chi connectivity index (χ3n) is 2.31. The van der Waals surface area contributed by atoms with E-state index >= 15 is 0 Å². The molecule has 0 fully saturated rings.